The molecule has 0 radical (unpaired) electrons. The molecule has 1 fully saturated rings. The number of rotatable bonds is 12. The number of furan rings is 1. The Bertz CT molecular complexity index is 771. The molecule has 2 rings (SSSR count). The van der Waals surface area contributed by atoms with Crippen LogP contribution in [0.5, 0.6) is 5.95 Å². The van der Waals surface area contributed by atoms with Crippen molar-refractivity contribution >= 4 is 33.8 Å². The molecule has 1 heterocycles. The summed E-state index contributed by atoms with van der Waals surface area (Å²) in [5.74, 6) is -2.48. The lowest BCUT2D eigenvalue weighted by Gasteiger charge is -2.18. The van der Waals surface area contributed by atoms with Gasteiger partial charge in [-0.15, -0.1) is 0 Å². The SMILES string of the molecule is CCOC(=O)c1oc(OCC)c([C@@]2(C(=O)OCC)C[C@@H]2CCCBr)c1C(=O)OCC. The minimum Gasteiger partial charge on any atom is -0.465 e. The molecule has 0 aliphatic heterocycles. The van der Waals surface area contributed by atoms with Crippen molar-refractivity contribution in [3.05, 3.63) is 16.9 Å². The predicted molar refractivity (Wildman–Crippen MR) is 111 cm³/mol. The van der Waals surface area contributed by atoms with E-state index in [0.717, 1.165) is 18.2 Å². The first kappa shape index (κ1) is 24.2. The van der Waals surface area contributed by atoms with E-state index in [1.165, 1.54) is 0 Å². The number of esters is 3. The van der Waals surface area contributed by atoms with E-state index in [4.69, 9.17) is 23.4 Å². The van der Waals surface area contributed by atoms with Crippen LogP contribution < -0.4 is 4.74 Å². The van der Waals surface area contributed by atoms with Crippen molar-refractivity contribution in [3.8, 4) is 5.95 Å². The van der Waals surface area contributed by atoms with Gasteiger partial charge in [-0.1, -0.05) is 15.9 Å². The predicted octanol–water partition coefficient (Wildman–Crippen LogP) is 4.03. The fourth-order valence-electron chi connectivity index (χ4n) is 3.71. The van der Waals surface area contributed by atoms with Crippen molar-refractivity contribution in [3.63, 3.8) is 0 Å². The molecular formula is C21H29BrO8. The first-order valence-corrected chi connectivity index (χ1v) is 11.4. The summed E-state index contributed by atoms with van der Waals surface area (Å²) in [6.07, 6.45) is 2.04. The summed E-state index contributed by atoms with van der Waals surface area (Å²) in [5, 5.41) is 0.783. The van der Waals surface area contributed by atoms with E-state index in [0.29, 0.717) is 6.42 Å². The molecule has 0 unspecified atom stereocenters. The van der Waals surface area contributed by atoms with Gasteiger partial charge in [0.2, 0.25) is 5.76 Å². The zero-order valence-corrected chi connectivity index (χ0v) is 19.5. The molecule has 1 saturated carbocycles. The van der Waals surface area contributed by atoms with Crippen LogP contribution >= 0.6 is 15.9 Å². The minimum absolute atomic E-state index is 0.0435. The highest BCUT2D eigenvalue weighted by Gasteiger charge is 2.66. The van der Waals surface area contributed by atoms with Crippen LogP contribution in [0, 0.1) is 5.92 Å². The average Bonchev–Trinajstić information content (AvgIpc) is 3.31. The summed E-state index contributed by atoms with van der Waals surface area (Å²) in [6.45, 7) is 7.36. The summed E-state index contributed by atoms with van der Waals surface area (Å²) in [6, 6.07) is 0. The van der Waals surface area contributed by atoms with Gasteiger partial charge in [0, 0.05) is 5.33 Å². The number of carbonyl (C=O) groups is 3. The zero-order valence-electron chi connectivity index (χ0n) is 17.9. The van der Waals surface area contributed by atoms with Crippen molar-refractivity contribution in [1.29, 1.82) is 0 Å². The van der Waals surface area contributed by atoms with Gasteiger partial charge in [-0.25, -0.2) is 9.59 Å². The number of carbonyl (C=O) groups excluding carboxylic acids is 3. The Morgan fingerprint density at radius 1 is 1.00 bits per heavy atom. The molecule has 0 saturated heterocycles. The fraction of sp³-hybridized carbons (Fsp3) is 0.667. The minimum atomic E-state index is -1.13. The third-order valence-corrected chi connectivity index (χ3v) is 5.53. The smallest absolute Gasteiger partial charge is 0.375 e. The second kappa shape index (κ2) is 10.8. The molecule has 0 N–H and O–H groups in total. The molecule has 168 valence electrons. The first-order valence-electron chi connectivity index (χ1n) is 10.3. The summed E-state index contributed by atoms with van der Waals surface area (Å²) < 4.78 is 26.9. The standard InChI is InChI=1S/C21H29BrO8/c1-5-26-17(23)14-15(19(28-7-3)30-16(14)18(24)27-6-2)21(20(25)29-8-4)12-13(21)10-9-11-22/h13H,5-12H2,1-4H3/t13-,21+/m0/s1. The number of hydrogen-bond acceptors (Lipinski definition) is 8. The molecule has 9 heteroatoms. The lowest BCUT2D eigenvalue weighted by molar-refractivity contribution is -0.146. The summed E-state index contributed by atoms with van der Waals surface area (Å²) >= 11 is 3.41. The number of ether oxygens (including phenoxy) is 4. The summed E-state index contributed by atoms with van der Waals surface area (Å²) in [4.78, 5) is 38.5. The number of halogens is 1. The van der Waals surface area contributed by atoms with E-state index in [1.54, 1.807) is 27.7 Å². The second-order valence-electron chi connectivity index (χ2n) is 6.77. The molecule has 1 aromatic rings. The van der Waals surface area contributed by atoms with Crippen LogP contribution in [0.3, 0.4) is 0 Å². The molecule has 1 aliphatic carbocycles. The van der Waals surface area contributed by atoms with Crippen LogP contribution in [0.4, 0.5) is 0 Å². The van der Waals surface area contributed by atoms with E-state index in [9.17, 15) is 14.4 Å². The average molecular weight is 489 g/mol. The van der Waals surface area contributed by atoms with E-state index in [1.807, 2.05) is 0 Å². The van der Waals surface area contributed by atoms with Crippen molar-refractivity contribution in [2.45, 2.75) is 52.4 Å². The lowest BCUT2D eigenvalue weighted by atomic mass is 9.89. The molecule has 1 aromatic heterocycles. The Balaban J connectivity index is 2.70. The Hall–Kier alpha value is -2.03. The van der Waals surface area contributed by atoms with Crippen LogP contribution in [-0.4, -0.2) is 49.7 Å². The Kier molecular flexibility index (Phi) is 8.76. The maximum absolute atomic E-state index is 13.1. The van der Waals surface area contributed by atoms with Gasteiger partial charge in [0.15, 0.2) is 0 Å². The fourth-order valence-corrected chi connectivity index (χ4v) is 4.03. The molecule has 1 aliphatic rings. The highest BCUT2D eigenvalue weighted by atomic mass is 79.9. The monoisotopic (exact) mass is 488 g/mol. The quantitative estimate of drug-likeness (QED) is 0.247. The van der Waals surface area contributed by atoms with Gasteiger partial charge in [-0.2, -0.15) is 0 Å². The Morgan fingerprint density at radius 2 is 1.63 bits per heavy atom. The van der Waals surface area contributed by atoms with E-state index in [-0.39, 0.29) is 55.2 Å². The van der Waals surface area contributed by atoms with Crippen molar-refractivity contribution in [2.24, 2.45) is 5.92 Å². The van der Waals surface area contributed by atoms with Crippen molar-refractivity contribution < 1.29 is 37.7 Å². The van der Waals surface area contributed by atoms with Gasteiger partial charge in [-0.05, 0) is 52.9 Å². The summed E-state index contributed by atoms with van der Waals surface area (Å²) in [7, 11) is 0. The molecule has 30 heavy (non-hydrogen) atoms. The molecule has 0 spiro atoms. The second-order valence-corrected chi connectivity index (χ2v) is 7.56. The van der Waals surface area contributed by atoms with Crippen molar-refractivity contribution in [2.75, 3.05) is 31.8 Å². The van der Waals surface area contributed by atoms with Crippen LogP contribution in [0.25, 0.3) is 0 Å². The molecule has 8 nitrogen and oxygen atoms in total. The number of hydrogen-bond donors (Lipinski definition) is 0. The molecule has 2 atom stereocenters. The van der Waals surface area contributed by atoms with E-state index in [2.05, 4.69) is 15.9 Å². The van der Waals surface area contributed by atoms with Crippen molar-refractivity contribution in [1.82, 2.24) is 0 Å². The van der Waals surface area contributed by atoms with Gasteiger partial charge in [0.1, 0.15) is 11.0 Å². The van der Waals surface area contributed by atoms with Gasteiger partial charge in [-0.3, -0.25) is 4.79 Å². The van der Waals surface area contributed by atoms with Gasteiger partial charge in [0.05, 0.1) is 32.0 Å². The highest BCUT2D eigenvalue weighted by Crippen LogP contribution is 2.61. The first-order chi connectivity index (χ1) is 14.4. The van der Waals surface area contributed by atoms with E-state index >= 15 is 0 Å². The van der Waals surface area contributed by atoms with Gasteiger partial charge >= 0.3 is 17.9 Å². The molecular weight excluding hydrogens is 460 g/mol. The lowest BCUT2D eigenvalue weighted by Crippen LogP contribution is -2.29. The van der Waals surface area contributed by atoms with Crippen LogP contribution in [0.2, 0.25) is 0 Å². The van der Waals surface area contributed by atoms with Crippen LogP contribution in [-0.2, 0) is 24.4 Å². The zero-order chi connectivity index (χ0) is 22.3. The molecule has 0 amide bonds. The maximum Gasteiger partial charge on any atom is 0.375 e. The topological polar surface area (TPSA) is 101 Å². The normalized spacial score (nSPS) is 19.8. The van der Waals surface area contributed by atoms with Gasteiger partial charge < -0.3 is 23.4 Å². The maximum atomic E-state index is 13.1. The van der Waals surface area contributed by atoms with Crippen LogP contribution in [0.1, 0.15) is 73.4 Å². The highest BCUT2D eigenvalue weighted by molar-refractivity contribution is 9.09. The third-order valence-electron chi connectivity index (χ3n) is 4.97. The largest absolute Gasteiger partial charge is 0.465 e. The third kappa shape index (κ3) is 4.66. The number of alkyl halides is 1. The van der Waals surface area contributed by atoms with Gasteiger partial charge in [0.25, 0.3) is 5.95 Å². The molecule has 0 bridgehead atoms. The van der Waals surface area contributed by atoms with Crippen LogP contribution in [0.15, 0.2) is 4.42 Å². The van der Waals surface area contributed by atoms with E-state index < -0.39 is 23.3 Å². The Labute approximate surface area is 184 Å². The summed E-state index contributed by atoms with van der Waals surface area (Å²) in [5.41, 5.74) is -1.02. The Morgan fingerprint density at radius 3 is 2.20 bits per heavy atom. The molecule has 0 aromatic carbocycles.